The van der Waals surface area contributed by atoms with Crippen LogP contribution in [0.2, 0.25) is 0 Å². The van der Waals surface area contributed by atoms with Crippen molar-refractivity contribution < 1.29 is 13.2 Å². The molecule has 5 heteroatoms. The van der Waals surface area contributed by atoms with Crippen LogP contribution in [0.3, 0.4) is 0 Å². The van der Waals surface area contributed by atoms with E-state index in [1.807, 2.05) is 0 Å². The molecule has 2 rings (SSSR count). The summed E-state index contributed by atoms with van der Waals surface area (Å²) < 4.78 is 38.9. The highest BCUT2D eigenvalue weighted by molar-refractivity contribution is 5.06. The second kappa shape index (κ2) is 5.84. The first-order valence-electron chi connectivity index (χ1n) is 7.92. The average Bonchev–Trinajstić information content (AvgIpc) is 2.41. The lowest BCUT2D eigenvalue weighted by Crippen LogP contribution is -2.71. The molecule has 1 aliphatic carbocycles. The fourth-order valence-electron chi connectivity index (χ4n) is 3.92. The summed E-state index contributed by atoms with van der Waals surface area (Å²) in [5, 5.41) is 3.60. The summed E-state index contributed by atoms with van der Waals surface area (Å²) in [5.74, 6) is 0. The highest BCUT2D eigenvalue weighted by Gasteiger charge is 2.49. The van der Waals surface area contributed by atoms with Crippen LogP contribution in [0.15, 0.2) is 0 Å². The lowest BCUT2D eigenvalue weighted by atomic mass is 9.75. The maximum absolute atomic E-state index is 13.0. The fourth-order valence-corrected chi connectivity index (χ4v) is 3.92. The van der Waals surface area contributed by atoms with Crippen molar-refractivity contribution in [2.24, 2.45) is 0 Å². The lowest BCUT2D eigenvalue weighted by Gasteiger charge is -2.56. The summed E-state index contributed by atoms with van der Waals surface area (Å²) in [6.07, 6.45) is 2.74. The molecule has 2 nitrogen and oxygen atoms in total. The van der Waals surface area contributed by atoms with Crippen LogP contribution in [0.5, 0.6) is 0 Å². The van der Waals surface area contributed by atoms with Gasteiger partial charge in [0.05, 0.1) is 6.54 Å². The van der Waals surface area contributed by atoms with Gasteiger partial charge in [-0.3, -0.25) is 4.90 Å². The molecule has 20 heavy (non-hydrogen) atoms. The van der Waals surface area contributed by atoms with Crippen LogP contribution in [-0.4, -0.2) is 41.8 Å². The summed E-state index contributed by atoms with van der Waals surface area (Å²) in [4.78, 5) is 1.76. The van der Waals surface area contributed by atoms with E-state index < -0.39 is 12.7 Å². The Labute approximate surface area is 120 Å². The molecule has 0 bridgehead atoms. The van der Waals surface area contributed by atoms with Gasteiger partial charge in [0.2, 0.25) is 0 Å². The predicted octanol–water partition coefficient (Wildman–Crippen LogP) is 3.72. The number of hydrogen-bond acceptors (Lipinski definition) is 2. The van der Waals surface area contributed by atoms with Crippen LogP contribution in [0, 0.1) is 0 Å². The van der Waals surface area contributed by atoms with Crippen LogP contribution < -0.4 is 5.32 Å². The van der Waals surface area contributed by atoms with Crippen molar-refractivity contribution >= 4 is 0 Å². The second-order valence-electron chi connectivity index (χ2n) is 6.60. The van der Waals surface area contributed by atoms with Gasteiger partial charge in [0.25, 0.3) is 0 Å². The molecule has 1 heterocycles. The maximum Gasteiger partial charge on any atom is 0.401 e. The Morgan fingerprint density at radius 2 is 1.65 bits per heavy atom. The monoisotopic (exact) mass is 292 g/mol. The number of nitrogens with zero attached hydrogens (tertiary/aromatic N) is 1. The number of rotatable bonds is 3. The zero-order chi connectivity index (χ0) is 14.9. The van der Waals surface area contributed by atoms with Gasteiger partial charge >= 0.3 is 6.18 Å². The third kappa shape index (κ3) is 3.30. The van der Waals surface area contributed by atoms with Crippen molar-refractivity contribution in [3.05, 3.63) is 0 Å². The zero-order valence-electron chi connectivity index (χ0n) is 12.7. The molecule has 0 unspecified atom stereocenters. The normalized spacial score (nSPS) is 26.9. The van der Waals surface area contributed by atoms with E-state index in [0.717, 1.165) is 44.9 Å². The minimum Gasteiger partial charge on any atom is -0.308 e. The van der Waals surface area contributed by atoms with Gasteiger partial charge in [0.15, 0.2) is 0 Å². The van der Waals surface area contributed by atoms with Crippen LogP contribution in [0.4, 0.5) is 13.2 Å². The van der Waals surface area contributed by atoms with E-state index in [0.29, 0.717) is 13.1 Å². The van der Waals surface area contributed by atoms with E-state index in [2.05, 4.69) is 19.2 Å². The third-order valence-electron chi connectivity index (χ3n) is 5.46. The number of nitrogens with one attached hydrogen (secondary N) is 1. The summed E-state index contributed by atoms with van der Waals surface area (Å²) in [7, 11) is 0. The van der Waals surface area contributed by atoms with Gasteiger partial charge in [-0.2, -0.15) is 13.2 Å². The molecular weight excluding hydrogens is 265 g/mol. The largest absolute Gasteiger partial charge is 0.401 e. The minimum absolute atomic E-state index is 0.145. The molecule has 1 saturated carbocycles. The third-order valence-corrected chi connectivity index (χ3v) is 5.46. The molecule has 1 aliphatic heterocycles. The minimum atomic E-state index is -4.10. The van der Waals surface area contributed by atoms with E-state index in [1.54, 1.807) is 4.90 Å². The highest BCUT2D eigenvalue weighted by atomic mass is 19.4. The van der Waals surface area contributed by atoms with Crippen LogP contribution in [0.25, 0.3) is 0 Å². The Morgan fingerprint density at radius 1 is 1.05 bits per heavy atom. The molecule has 1 spiro atoms. The van der Waals surface area contributed by atoms with E-state index in [9.17, 15) is 13.2 Å². The smallest absolute Gasteiger partial charge is 0.308 e. The van der Waals surface area contributed by atoms with E-state index in [4.69, 9.17) is 0 Å². The molecule has 0 aromatic carbocycles. The first-order chi connectivity index (χ1) is 9.35. The summed E-state index contributed by atoms with van der Waals surface area (Å²) in [6, 6.07) is 0. The fraction of sp³-hybridized carbons (Fsp3) is 1.00. The first kappa shape index (κ1) is 16.1. The van der Waals surface area contributed by atoms with Crippen LogP contribution in [-0.2, 0) is 0 Å². The van der Waals surface area contributed by atoms with Gasteiger partial charge in [0.1, 0.15) is 0 Å². The Balaban J connectivity index is 2.20. The molecule has 0 amide bonds. The predicted molar refractivity (Wildman–Crippen MR) is 74.8 cm³/mol. The Morgan fingerprint density at radius 3 is 2.15 bits per heavy atom. The Kier molecular flexibility index (Phi) is 4.69. The maximum atomic E-state index is 13.0. The van der Waals surface area contributed by atoms with Crippen molar-refractivity contribution in [3.63, 3.8) is 0 Å². The quantitative estimate of drug-likeness (QED) is 0.853. The highest BCUT2D eigenvalue weighted by Crippen LogP contribution is 2.39. The topological polar surface area (TPSA) is 15.3 Å². The van der Waals surface area contributed by atoms with Crippen LogP contribution >= 0.6 is 0 Å². The van der Waals surface area contributed by atoms with Crippen molar-refractivity contribution in [2.75, 3.05) is 19.6 Å². The standard InChI is InChI=1S/C15H27F3N2/c1-3-13(4-2)11-20(12-15(16,17)18)14(10-19-13)8-6-5-7-9-14/h19H,3-12H2,1-2H3. The summed E-state index contributed by atoms with van der Waals surface area (Å²) in [5.41, 5.74) is -0.407. The molecule has 118 valence electrons. The molecule has 1 saturated heterocycles. The van der Waals surface area contributed by atoms with Gasteiger partial charge in [-0.1, -0.05) is 33.1 Å². The van der Waals surface area contributed by atoms with Gasteiger partial charge in [-0.15, -0.1) is 0 Å². The van der Waals surface area contributed by atoms with Gasteiger partial charge in [-0.05, 0) is 25.7 Å². The zero-order valence-corrected chi connectivity index (χ0v) is 12.7. The summed E-state index contributed by atoms with van der Waals surface area (Å²) >= 11 is 0. The van der Waals surface area contributed by atoms with Crippen LogP contribution in [0.1, 0.15) is 58.8 Å². The molecule has 0 aromatic heterocycles. The van der Waals surface area contributed by atoms with E-state index in [1.165, 1.54) is 0 Å². The van der Waals surface area contributed by atoms with Gasteiger partial charge < -0.3 is 5.32 Å². The number of hydrogen-bond donors (Lipinski definition) is 1. The summed E-state index contributed by atoms with van der Waals surface area (Å²) in [6.45, 7) is 4.63. The van der Waals surface area contributed by atoms with Crippen molar-refractivity contribution in [1.82, 2.24) is 10.2 Å². The average molecular weight is 292 g/mol. The molecule has 0 atom stereocenters. The second-order valence-corrected chi connectivity index (χ2v) is 6.60. The van der Waals surface area contributed by atoms with Crippen molar-refractivity contribution in [3.8, 4) is 0 Å². The number of halogens is 3. The van der Waals surface area contributed by atoms with Crippen molar-refractivity contribution in [2.45, 2.75) is 76.0 Å². The Hall–Kier alpha value is -0.290. The van der Waals surface area contributed by atoms with Gasteiger partial charge in [0, 0.05) is 24.2 Å². The molecule has 0 radical (unpaired) electrons. The van der Waals surface area contributed by atoms with Crippen molar-refractivity contribution in [1.29, 1.82) is 0 Å². The number of alkyl halides is 3. The van der Waals surface area contributed by atoms with E-state index >= 15 is 0 Å². The molecule has 2 fully saturated rings. The lowest BCUT2D eigenvalue weighted by molar-refractivity contribution is -0.172. The SMILES string of the molecule is CCC1(CC)CN(CC(F)(F)F)C2(CCCCC2)CN1. The van der Waals surface area contributed by atoms with Gasteiger partial charge in [-0.25, -0.2) is 0 Å². The Bertz CT molecular complexity index is 318. The molecule has 0 aromatic rings. The van der Waals surface area contributed by atoms with E-state index in [-0.39, 0.29) is 11.1 Å². The number of piperazine rings is 1. The molecular formula is C15H27F3N2. The molecule has 1 N–H and O–H groups in total. The first-order valence-corrected chi connectivity index (χ1v) is 7.92. The molecule has 2 aliphatic rings.